The van der Waals surface area contributed by atoms with Gasteiger partial charge in [-0.1, -0.05) is 24.3 Å². The number of hydrogen-bond acceptors (Lipinski definition) is 3. The molecule has 0 bridgehead atoms. The predicted molar refractivity (Wildman–Crippen MR) is 75.1 cm³/mol. The molecule has 1 aromatic carbocycles. The van der Waals surface area contributed by atoms with Crippen LogP contribution >= 0.6 is 0 Å². The van der Waals surface area contributed by atoms with E-state index in [9.17, 15) is 14.3 Å². The molecule has 1 N–H and O–H groups in total. The van der Waals surface area contributed by atoms with Gasteiger partial charge in [-0.2, -0.15) is 0 Å². The maximum absolute atomic E-state index is 13.2. The first-order valence-electron chi connectivity index (χ1n) is 6.76. The third kappa shape index (κ3) is 2.92. The quantitative estimate of drug-likeness (QED) is 0.941. The SMILES string of the molecule is O=C(O)C1CN(Cc2cncc(F)c2)Cc2ccccc21. The Kier molecular flexibility index (Phi) is 3.66. The fourth-order valence-corrected chi connectivity index (χ4v) is 2.81. The smallest absolute Gasteiger partial charge is 0.312 e. The second-order valence-corrected chi connectivity index (χ2v) is 5.27. The molecule has 4 nitrogen and oxygen atoms in total. The van der Waals surface area contributed by atoms with Crippen LogP contribution in [-0.4, -0.2) is 27.5 Å². The highest BCUT2D eigenvalue weighted by molar-refractivity contribution is 5.77. The minimum absolute atomic E-state index is 0.375. The molecule has 0 amide bonds. The van der Waals surface area contributed by atoms with Crippen molar-refractivity contribution in [3.63, 3.8) is 0 Å². The average molecular weight is 286 g/mol. The Bertz CT molecular complexity index is 675. The minimum atomic E-state index is -0.829. The maximum Gasteiger partial charge on any atom is 0.312 e. The summed E-state index contributed by atoms with van der Waals surface area (Å²) in [6.07, 6.45) is 2.77. The van der Waals surface area contributed by atoms with Crippen LogP contribution in [0.4, 0.5) is 4.39 Å². The molecule has 108 valence electrons. The van der Waals surface area contributed by atoms with E-state index in [2.05, 4.69) is 4.98 Å². The fraction of sp³-hybridized carbons (Fsp3) is 0.250. The first-order chi connectivity index (χ1) is 10.1. The second-order valence-electron chi connectivity index (χ2n) is 5.27. The number of rotatable bonds is 3. The minimum Gasteiger partial charge on any atom is -0.481 e. The van der Waals surface area contributed by atoms with E-state index in [-0.39, 0.29) is 5.82 Å². The van der Waals surface area contributed by atoms with Crippen molar-refractivity contribution in [1.82, 2.24) is 9.88 Å². The van der Waals surface area contributed by atoms with E-state index >= 15 is 0 Å². The van der Waals surface area contributed by atoms with Crippen molar-refractivity contribution >= 4 is 5.97 Å². The summed E-state index contributed by atoms with van der Waals surface area (Å²) in [5.74, 6) is -1.75. The van der Waals surface area contributed by atoms with Gasteiger partial charge in [0.2, 0.25) is 0 Å². The summed E-state index contributed by atoms with van der Waals surface area (Å²) < 4.78 is 13.2. The lowest BCUT2D eigenvalue weighted by Crippen LogP contribution is -2.36. The van der Waals surface area contributed by atoms with Crippen LogP contribution < -0.4 is 0 Å². The van der Waals surface area contributed by atoms with Gasteiger partial charge in [-0.15, -0.1) is 0 Å². The molecule has 0 spiro atoms. The highest BCUT2D eigenvalue weighted by Gasteiger charge is 2.30. The van der Waals surface area contributed by atoms with E-state index in [0.717, 1.165) is 22.9 Å². The number of pyridine rings is 1. The van der Waals surface area contributed by atoms with Gasteiger partial charge in [0.15, 0.2) is 0 Å². The summed E-state index contributed by atoms with van der Waals surface area (Å²) in [6, 6.07) is 9.02. The standard InChI is InChI=1S/C16H15FN2O2/c17-13-5-11(6-18-7-13)8-19-9-12-3-1-2-4-14(12)15(10-19)16(20)21/h1-7,15H,8-10H2,(H,20,21). The zero-order chi connectivity index (χ0) is 14.8. The van der Waals surface area contributed by atoms with Crippen molar-refractivity contribution in [3.05, 3.63) is 65.2 Å². The lowest BCUT2D eigenvalue weighted by atomic mass is 9.89. The number of aromatic nitrogens is 1. The molecule has 1 aliphatic heterocycles. The summed E-state index contributed by atoms with van der Waals surface area (Å²) in [6.45, 7) is 1.57. The topological polar surface area (TPSA) is 53.4 Å². The molecule has 0 radical (unpaired) electrons. The summed E-state index contributed by atoms with van der Waals surface area (Å²) >= 11 is 0. The van der Waals surface area contributed by atoms with Gasteiger partial charge < -0.3 is 5.11 Å². The Hall–Kier alpha value is -2.27. The Morgan fingerprint density at radius 1 is 1.38 bits per heavy atom. The Balaban J connectivity index is 1.85. The normalized spacial score (nSPS) is 18.2. The number of benzene rings is 1. The third-order valence-corrected chi connectivity index (χ3v) is 3.73. The molecule has 0 saturated heterocycles. The van der Waals surface area contributed by atoms with Crippen LogP contribution in [-0.2, 0) is 17.9 Å². The highest BCUT2D eigenvalue weighted by atomic mass is 19.1. The van der Waals surface area contributed by atoms with Crippen molar-refractivity contribution in [2.45, 2.75) is 19.0 Å². The van der Waals surface area contributed by atoms with Gasteiger partial charge in [0.25, 0.3) is 0 Å². The van der Waals surface area contributed by atoms with Gasteiger partial charge in [-0.05, 0) is 22.8 Å². The Labute approximate surface area is 121 Å². The molecule has 1 aliphatic rings. The Morgan fingerprint density at radius 2 is 2.19 bits per heavy atom. The molecule has 0 aliphatic carbocycles. The molecule has 2 aromatic rings. The number of nitrogens with zero attached hydrogens (tertiary/aromatic N) is 2. The number of carboxylic acids is 1. The first kappa shape index (κ1) is 13.7. The molecule has 0 saturated carbocycles. The number of fused-ring (bicyclic) bond motifs is 1. The van der Waals surface area contributed by atoms with Crippen LogP contribution in [0.1, 0.15) is 22.6 Å². The number of aliphatic carboxylic acids is 1. The van der Waals surface area contributed by atoms with E-state index in [1.807, 2.05) is 29.2 Å². The van der Waals surface area contributed by atoms with E-state index in [4.69, 9.17) is 0 Å². The number of carbonyl (C=O) groups is 1. The fourth-order valence-electron chi connectivity index (χ4n) is 2.81. The molecule has 21 heavy (non-hydrogen) atoms. The molecular weight excluding hydrogens is 271 g/mol. The van der Waals surface area contributed by atoms with Gasteiger partial charge in [-0.25, -0.2) is 4.39 Å². The predicted octanol–water partition coefficient (Wildman–Crippen LogP) is 2.40. The largest absolute Gasteiger partial charge is 0.481 e. The van der Waals surface area contributed by atoms with Crippen LogP contribution in [0.25, 0.3) is 0 Å². The van der Waals surface area contributed by atoms with Crippen molar-refractivity contribution < 1.29 is 14.3 Å². The number of carboxylic acid groups (broad SMARTS) is 1. The van der Waals surface area contributed by atoms with Gasteiger partial charge in [0, 0.05) is 25.8 Å². The third-order valence-electron chi connectivity index (χ3n) is 3.73. The van der Waals surface area contributed by atoms with Crippen molar-refractivity contribution in [2.24, 2.45) is 0 Å². The first-order valence-corrected chi connectivity index (χ1v) is 6.76. The molecule has 1 aromatic heterocycles. The van der Waals surface area contributed by atoms with Gasteiger partial charge in [-0.3, -0.25) is 14.7 Å². The zero-order valence-electron chi connectivity index (χ0n) is 11.4. The van der Waals surface area contributed by atoms with Crippen LogP contribution in [0.3, 0.4) is 0 Å². The summed E-state index contributed by atoms with van der Waals surface area (Å²) in [7, 11) is 0. The zero-order valence-corrected chi connectivity index (χ0v) is 11.4. The van der Waals surface area contributed by atoms with Crippen LogP contribution in [0.15, 0.2) is 42.7 Å². The van der Waals surface area contributed by atoms with Crippen molar-refractivity contribution in [1.29, 1.82) is 0 Å². The van der Waals surface area contributed by atoms with Gasteiger partial charge in [0.1, 0.15) is 5.82 Å². The maximum atomic E-state index is 13.2. The molecule has 5 heteroatoms. The summed E-state index contributed by atoms with van der Waals surface area (Å²) in [5.41, 5.74) is 2.64. The molecular formula is C16H15FN2O2. The molecule has 0 fully saturated rings. The van der Waals surface area contributed by atoms with Crippen molar-refractivity contribution in [3.8, 4) is 0 Å². The highest BCUT2D eigenvalue weighted by Crippen LogP contribution is 2.29. The lowest BCUT2D eigenvalue weighted by Gasteiger charge is -2.32. The Morgan fingerprint density at radius 3 is 2.95 bits per heavy atom. The monoisotopic (exact) mass is 286 g/mol. The molecule has 3 rings (SSSR count). The summed E-state index contributed by atoms with van der Waals surface area (Å²) in [4.78, 5) is 17.3. The van der Waals surface area contributed by atoms with E-state index < -0.39 is 11.9 Å². The molecule has 1 unspecified atom stereocenters. The van der Waals surface area contributed by atoms with E-state index in [0.29, 0.717) is 19.6 Å². The molecule has 2 heterocycles. The summed E-state index contributed by atoms with van der Waals surface area (Å²) in [5, 5.41) is 9.41. The van der Waals surface area contributed by atoms with E-state index in [1.165, 1.54) is 6.07 Å². The average Bonchev–Trinajstić information content (AvgIpc) is 2.46. The van der Waals surface area contributed by atoms with Gasteiger partial charge >= 0.3 is 5.97 Å². The van der Waals surface area contributed by atoms with Gasteiger partial charge in [0.05, 0.1) is 12.1 Å². The number of halogens is 1. The molecule has 1 atom stereocenters. The number of hydrogen-bond donors (Lipinski definition) is 1. The van der Waals surface area contributed by atoms with Crippen LogP contribution in [0.2, 0.25) is 0 Å². The van der Waals surface area contributed by atoms with E-state index in [1.54, 1.807) is 6.20 Å². The van der Waals surface area contributed by atoms with Crippen LogP contribution in [0, 0.1) is 5.82 Å². The second kappa shape index (κ2) is 5.61. The lowest BCUT2D eigenvalue weighted by molar-refractivity contribution is -0.139. The van der Waals surface area contributed by atoms with Crippen LogP contribution in [0.5, 0.6) is 0 Å². The van der Waals surface area contributed by atoms with Crippen molar-refractivity contribution in [2.75, 3.05) is 6.54 Å².